The number of hydrogen-bond donors (Lipinski definition) is 0. The number of rotatable bonds is 20. The van der Waals surface area contributed by atoms with Crippen molar-refractivity contribution in [2.75, 3.05) is 26.4 Å². The summed E-state index contributed by atoms with van der Waals surface area (Å²) in [6.07, 6.45) is 16.2. The van der Waals surface area contributed by atoms with Crippen LogP contribution in [0.2, 0.25) is 18.1 Å². The highest BCUT2D eigenvalue weighted by Gasteiger charge is 2.36. The molecule has 0 spiro atoms. The summed E-state index contributed by atoms with van der Waals surface area (Å²) in [7, 11) is -1.58. The summed E-state index contributed by atoms with van der Waals surface area (Å²) in [5, 5.41) is 1.43. The van der Waals surface area contributed by atoms with Crippen molar-refractivity contribution in [3.63, 3.8) is 0 Å². The van der Waals surface area contributed by atoms with E-state index in [2.05, 4.69) is 90.9 Å². The van der Waals surface area contributed by atoms with Gasteiger partial charge in [0.2, 0.25) is 0 Å². The van der Waals surface area contributed by atoms with Gasteiger partial charge in [0.1, 0.15) is 11.3 Å². The quantitative estimate of drug-likeness (QED) is 0.0717. The van der Waals surface area contributed by atoms with Gasteiger partial charge in [-0.15, -0.1) is 0 Å². The second-order valence-electron chi connectivity index (χ2n) is 14.0. The largest absolute Gasteiger partial charge is 0.494 e. The van der Waals surface area contributed by atoms with Crippen LogP contribution in [0.25, 0.3) is 21.9 Å². The summed E-state index contributed by atoms with van der Waals surface area (Å²) < 4.78 is 20.6. The van der Waals surface area contributed by atoms with Crippen molar-refractivity contribution in [1.29, 1.82) is 0 Å². The van der Waals surface area contributed by atoms with E-state index in [9.17, 15) is 0 Å². The van der Waals surface area contributed by atoms with E-state index in [1.165, 1.54) is 56.9 Å². The molecule has 7 heteroatoms. The smallest absolute Gasteiger partial charge is 0.191 e. The number of ether oxygens (including phenoxy) is 2. The molecule has 0 bridgehead atoms. The van der Waals surface area contributed by atoms with Gasteiger partial charge in [0.05, 0.1) is 42.8 Å². The lowest BCUT2D eigenvalue weighted by Gasteiger charge is -2.36. The number of unbranched alkanes of at least 4 members (excludes halogenated alkanes) is 8. The van der Waals surface area contributed by atoms with E-state index in [-0.39, 0.29) is 6.04 Å². The fourth-order valence-corrected chi connectivity index (χ4v) is 6.69. The van der Waals surface area contributed by atoms with Crippen LogP contribution in [0.3, 0.4) is 0 Å². The van der Waals surface area contributed by atoms with Crippen LogP contribution in [0, 0.1) is 0 Å². The van der Waals surface area contributed by atoms with E-state index in [0.29, 0.717) is 18.3 Å². The van der Waals surface area contributed by atoms with Gasteiger partial charge in [-0.2, -0.15) is 0 Å². The SMILES string of the molecule is CCOC[C@H](Cc1ccc(OCCCCCCCCCCCO[Si](C)(C)C(C)(C)C)cc1)n1cnc2cnc3ccccc3c21. The van der Waals surface area contributed by atoms with Crippen LogP contribution in [0.1, 0.15) is 97.1 Å². The van der Waals surface area contributed by atoms with E-state index in [1.807, 2.05) is 25.5 Å². The summed E-state index contributed by atoms with van der Waals surface area (Å²) in [5.41, 5.74) is 4.28. The Labute approximate surface area is 273 Å². The van der Waals surface area contributed by atoms with Gasteiger partial charge in [0, 0.05) is 18.6 Å². The van der Waals surface area contributed by atoms with Crippen LogP contribution in [-0.2, 0) is 15.6 Å². The molecule has 2 aromatic carbocycles. The third-order valence-electron chi connectivity index (χ3n) is 9.44. The van der Waals surface area contributed by atoms with Gasteiger partial charge in [0.25, 0.3) is 0 Å². The Balaban J connectivity index is 1.13. The van der Waals surface area contributed by atoms with Crippen molar-refractivity contribution < 1.29 is 13.9 Å². The second kappa shape index (κ2) is 17.3. The lowest BCUT2D eigenvalue weighted by atomic mass is 10.1. The van der Waals surface area contributed by atoms with Crippen molar-refractivity contribution in [2.24, 2.45) is 0 Å². The van der Waals surface area contributed by atoms with Gasteiger partial charge in [-0.25, -0.2) is 4.98 Å². The van der Waals surface area contributed by atoms with Gasteiger partial charge in [-0.3, -0.25) is 4.98 Å². The Morgan fingerprint density at radius 2 is 1.42 bits per heavy atom. The number of para-hydroxylation sites is 1. The highest BCUT2D eigenvalue weighted by atomic mass is 28.4. The van der Waals surface area contributed by atoms with Crippen molar-refractivity contribution in [3.05, 3.63) is 66.6 Å². The Morgan fingerprint density at radius 1 is 0.778 bits per heavy atom. The minimum Gasteiger partial charge on any atom is -0.494 e. The molecule has 0 saturated carbocycles. The first-order valence-electron chi connectivity index (χ1n) is 17.3. The van der Waals surface area contributed by atoms with Crippen molar-refractivity contribution in [1.82, 2.24) is 14.5 Å². The monoisotopic (exact) mass is 631 g/mol. The van der Waals surface area contributed by atoms with E-state index in [1.54, 1.807) is 0 Å². The maximum absolute atomic E-state index is 6.30. The Bertz CT molecular complexity index is 1430. The van der Waals surface area contributed by atoms with Gasteiger partial charge < -0.3 is 18.5 Å². The number of aromatic nitrogens is 3. The molecule has 6 nitrogen and oxygen atoms in total. The molecule has 0 saturated heterocycles. The first-order valence-corrected chi connectivity index (χ1v) is 20.2. The van der Waals surface area contributed by atoms with Crippen LogP contribution in [0.5, 0.6) is 5.75 Å². The lowest BCUT2D eigenvalue weighted by molar-refractivity contribution is 0.114. The minimum absolute atomic E-state index is 0.133. The average molecular weight is 632 g/mol. The Kier molecular flexibility index (Phi) is 13.5. The molecule has 0 amide bonds. The Hall–Kier alpha value is -2.74. The van der Waals surface area contributed by atoms with Gasteiger partial charge in [0.15, 0.2) is 8.32 Å². The fraction of sp³-hybridized carbons (Fsp3) is 0.579. The van der Waals surface area contributed by atoms with E-state index in [4.69, 9.17) is 13.9 Å². The molecule has 0 aliphatic heterocycles. The molecule has 2 heterocycles. The van der Waals surface area contributed by atoms with E-state index >= 15 is 0 Å². The summed E-state index contributed by atoms with van der Waals surface area (Å²) in [6, 6.07) is 17.0. The molecule has 0 fully saturated rings. The fourth-order valence-electron chi connectivity index (χ4n) is 5.60. The van der Waals surface area contributed by atoms with Gasteiger partial charge in [-0.1, -0.05) is 96.0 Å². The first-order chi connectivity index (χ1) is 21.7. The molecule has 4 aromatic rings. The van der Waals surface area contributed by atoms with Crippen LogP contribution in [-0.4, -0.2) is 49.3 Å². The zero-order chi connectivity index (χ0) is 32.1. The Morgan fingerprint density at radius 3 is 2.09 bits per heavy atom. The molecule has 2 aromatic heterocycles. The number of pyridine rings is 1. The molecule has 246 valence electrons. The lowest BCUT2D eigenvalue weighted by Crippen LogP contribution is -2.40. The van der Waals surface area contributed by atoms with E-state index in [0.717, 1.165) is 53.7 Å². The number of hydrogen-bond acceptors (Lipinski definition) is 5. The average Bonchev–Trinajstić information content (AvgIpc) is 3.46. The minimum atomic E-state index is -1.58. The predicted molar refractivity (Wildman–Crippen MR) is 191 cm³/mol. The zero-order valence-electron chi connectivity index (χ0n) is 28.8. The maximum atomic E-state index is 6.30. The van der Waals surface area contributed by atoms with Crippen molar-refractivity contribution in [3.8, 4) is 5.75 Å². The third kappa shape index (κ3) is 10.4. The standard InChI is InChI=1S/C38H57N3O3Si/c1-7-42-29-32(41-30-40-36-28-39-35-20-16-15-19-34(35)37(36)41)27-31-21-23-33(24-22-31)43-25-17-13-11-9-8-10-12-14-18-26-44-45(5,6)38(2,3)4/h15-16,19-24,28,30,32H,7-14,17-18,25-27,29H2,1-6H3/t32-/m0/s1. The zero-order valence-corrected chi connectivity index (χ0v) is 29.8. The highest BCUT2D eigenvalue weighted by molar-refractivity contribution is 6.74. The van der Waals surface area contributed by atoms with Gasteiger partial charge >= 0.3 is 0 Å². The molecule has 0 unspecified atom stereocenters. The summed E-state index contributed by atoms with van der Waals surface area (Å²) in [6.45, 7) is 16.7. The van der Waals surface area contributed by atoms with Crippen LogP contribution >= 0.6 is 0 Å². The van der Waals surface area contributed by atoms with Crippen LogP contribution in [0.4, 0.5) is 0 Å². The molecule has 45 heavy (non-hydrogen) atoms. The van der Waals surface area contributed by atoms with Crippen LogP contribution < -0.4 is 4.74 Å². The molecule has 1 atom stereocenters. The van der Waals surface area contributed by atoms with Crippen molar-refractivity contribution >= 4 is 30.3 Å². The number of fused-ring (bicyclic) bond motifs is 3. The second-order valence-corrected chi connectivity index (χ2v) is 18.8. The molecule has 0 aliphatic carbocycles. The number of imidazole rings is 1. The normalized spacial score (nSPS) is 13.1. The highest BCUT2D eigenvalue weighted by Crippen LogP contribution is 2.36. The van der Waals surface area contributed by atoms with Gasteiger partial charge in [-0.05, 0) is 68.1 Å². The first kappa shape index (κ1) is 35.1. The van der Waals surface area contributed by atoms with Crippen LogP contribution in [0.15, 0.2) is 61.1 Å². The molecule has 0 aliphatic rings. The van der Waals surface area contributed by atoms with E-state index < -0.39 is 8.32 Å². The molecular weight excluding hydrogens is 575 g/mol. The number of benzene rings is 2. The number of nitrogens with zero attached hydrogens (tertiary/aromatic N) is 3. The predicted octanol–water partition coefficient (Wildman–Crippen LogP) is 10.3. The topological polar surface area (TPSA) is 58.4 Å². The summed E-state index contributed by atoms with van der Waals surface area (Å²) in [5.74, 6) is 0.947. The summed E-state index contributed by atoms with van der Waals surface area (Å²) in [4.78, 5) is 9.26. The molecular formula is C38H57N3O3Si. The summed E-state index contributed by atoms with van der Waals surface area (Å²) >= 11 is 0. The maximum Gasteiger partial charge on any atom is 0.191 e. The van der Waals surface area contributed by atoms with Crippen molar-refractivity contribution in [2.45, 2.75) is 116 Å². The molecule has 0 N–H and O–H groups in total. The molecule has 0 radical (unpaired) electrons. The molecule has 4 rings (SSSR count). The third-order valence-corrected chi connectivity index (χ3v) is 14.0.